The van der Waals surface area contributed by atoms with Gasteiger partial charge in [0.1, 0.15) is 54.5 Å². The average Bonchev–Trinajstić information content (AvgIpc) is 3.93. The molecule has 3 aromatic rings. The number of aromatic amines is 3. The standard InChI is InChI=1S/C39H60N6O29P6/c1-20(2)9-7-11-22(5)13-15-24(31-28(47)29(48)36(66-31)45-19-40-27-34(45)42-38(51)43-35(27)50)68-76(56,57)73-80(64,65)74-78(60,61)70-33-30(49)37(44-18-17-26(46)41-39(44)52)67-32(33)25(16-14-23(6)12-8-10-21(3)4)69-77(58,59)72-79(62,63)71-75(53,54)55/h9-10,13-14,17-19,24-25,28-33,36-37,47-49H,7-8,11-12,15-16H2,1-6H3,(H,56,57)(H,58,59)(H,60,61)(H,62,63)(H,64,65)(H,41,46,52)(H2,53,54,55)(H2,42,43,50,51)/b22-13+,23-14+/t24?,25?,28-,29+,30+,31+,32+,33-,36+,37+/m0/s1. The highest BCUT2D eigenvalue weighted by Gasteiger charge is 2.56. The maximum Gasteiger partial charge on any atom is 0.490 e. The van der Waals surface area contributed by atoms with Gasteiger partial charge in [-0.2, -0.15) is 17.2 Å². The zero-order valence-electron chi connectivity index (χ0n) is 42.8. The number of hydrogen-bond acceptors (Lipinski definition) is 23. The van der Waals surface area contributed by atoms with Crippen LogP contribution >= 0.6 is 46.9 Å². The highest BCUT2D eigenvalue weighted by atomic mass is 31.3. The Labute approximate surface area is 451 Å². The zero-order chi connectivity index (χ0) is 60.1. The van der Waals surface area contributed by atoms with Crippen LogP contribution in [0.2, 0.25) is 0 Å². The number of nitrogens with zero attached hydrogens (tertiary/aromatic N) is 3. The van der Waals surface area contributed by atoms with Gasteiger partial charge < -0.3 is 59.0 Å². The molecular weight excluding hydrogens is 1200 g/mol. The number of phosphoric ester groups is 3. The van der Waals surface area contributed by atoms with E-state index in [1.807, 2.05) is 36.0 Å². The largest absolute Gasteiger partial charge is 0.490 e. The summed E-state index contributed by atoms with van der Waals surface area (Å²) < 4.78 is 123. The van der Waals surface area contributed by atoms with Crippen LogP contribution in [0.4, 0.5) is 0 Å². The van der Waals surface area contributed by atoms with Gasteiger partial charge in [-0.25, -0.2) is 42.0 Å². The second-order valence-electron chi connectivity index (χ2n) is 18.5. The molecule has 15 atom stereocenters. The van der Waals surface area contributed by atoms with Gasteiger partial charge in [0.05, 0.1) is 6.33 Å². The van der Waals surface area contributed by atoms with Crippen LogP contribution in [0.15, 0.2) is 84.4 Å². The highest BCUT2D eigenvalue weighted by molar-refractivity contribution is 7.67. The Morgan fingerprint density at radius 2 is 1.11 bits per heavy atom. The summed E-state index contributed by atoms with van der Waals surface area (Å²) in [6.45, 7) is 10.5. The van der Waals surface area contributed by atoms with E-state index in [9.17, 15) is 86.4 Å². The van der Waals surface area contributed by atoms with E-state index in [1.165, 1.54) is 19.1 Å². The molecule has 5 heterocycles. The molecule has 0 bridgehead atoms. The lowest BCUT2D eigenvalue weighted by atomic mass is 10.0. The summed E-state index contributed by atoms with van der Waals surface area (Å²) in [5.74, 6) is 0. The zero-order valence-corrected chi connectivity index (χ0v) is 48.2. The van der Waals surface area contributed by atoms with Crippen molar-refractivity contribution < 1.29 is 117 Å². The summed E-state index contributed by atoms with van der Waals surface area (Å²) in [6, 6.07) is 0.722. The van der Waals surface area contributed by atoms with Gasteiger partial charge >= 0.3 is 58.3 Å². The number of imidazole rings is 1. The van der Waals surface area contributed by atoms with Gasteiger partial charge in [0, 0.05) is 12.3 Å². The molecule has 0 radical (unpaired) electrons. The number of allylic oxidation sites excluding steroid dienone is 6. The number of aliphatic hydroxyl groups is 3. The number of phosphoric acid groups is 6. The Kier molecular flexibility index (Phi) is 22.7. The van der Waals surface area contributed by atoms with Crippen molar-refractivity contribution in [1.29, 1.82) is 0 Å². The number of aliphatic hydroxyl groups excluding tert-OH is 3. The number of H-pyrrole nitrogens is 3. The number of aromatic nitrogens is 6. The predicted molar refractivity (Wildman–Crippen MR) is 272 cm³/mol. The smallest absolute Gasteiger partial charge is 0.387 e. The summed E-state index contributed by atoms with van der Waals surface area (Å²) in [7, 11) is -37.6. The van der Waals surface area contributed by atoms with Crippen molar-refractivity contribution in [2.45, 2.75) is 141 Å². The molecule has 450 valence electrons. The number of hydrogen-bond donors (Lipinski definition) is 13. The van der Waals surface area contributed by atoms with Gasteiger partial charge in [-0.3, -0.25) is 47.2 Å². The molecule has 2 saturated heterocycles. The van der Waals surface area contributed by atoms with Crippen LogP contribution in [0.25, 0.3) is 11.2 Å². The van der Waals surface area contributed by atoms with Gasteiger partial charge in [-0.15, -0.1) is 0 Å². The minimum Gasteiger partial charge on any atom is -0.387 e. The van der Waals surface area contributed by atoms with E-state index in [-0.39, 0.29) is 17.6 Å². The fourth-order valence-corrected chi connectivity index (χ4v) is 15.0. The number of nitrogens with one attached hydrogen (secondary N) is 3. The monoisotopic (exact) mass is 1260 g/mol. The van der Waals surface area contributed by atoms with Crippen molar-refractivity contribution in [3.63, 3.8) is 0 Å². The molecule has 0 spiro atoms. The summed E-state index contributed by atoms with van der Waals surface area (Å²) in [5, 5.41) is 34.0. The summed E-state index contributed by atoms with van der Waals surface area (Å²) in [4.78, 5) is 131. The van der Waals surface area contributed by atoms with Crippen LogP contribution in [0.1, 0.15) is 92.5 Å². The quantitative estimate of drug-likeness (QED) is 0.0367. The number of rotatable bonds is 28. The van der Waals surface area contributed by atoms with Crippen molar-refractivity contribution >= 4 is 58.1 Å². The normalized spacial score (nSPS) is 26.6. The first-order valence-corrected chi connectivity index (χ1v) is 32.3. The van der Waals surface area contributed by atoms with Gasteiger partial charge in [-0.1, -0.05) is 46.6 Å². The molecule has 0 amide bonds. The van der Waals surface area contributed by atoms with E-state index < -0.39 is 144 Å². The third-order valence-corrected chi connectivity index (χ3v) is 19.5. The third kappa shape index (κ3) is 19.5. The van der Waals surface area contributed by atoms with Crippen molar-refractivity contribution in [3.05, 3.63) is 107 Å². The molecule has 3 aromatic heterocycles. The van der Waals surface area contributed by atoms with E-state index in [2.05, 4.69) is 27.2 Å². The number of ether oxygens (including phenoxy) is 2. The minimum absolute atomic E-state index is 0.278. The lowest BCUT2D eigenvalue weighted by Gasteiger charge is -2.30. The molecule has 0 aliphatic carbocycles. The highest BCUT2D eigenvalue weighted by Crippen LogP contribution is 2.70. The van der Waals surface area contributed by atoms with E-state index >= 15 is 0 Å². The van der Waals surface area contributed by atoms with Crippen molar-refractivity contribution in [2.75, 3.05) is 0 Å². The molecule has 35 nitrogen and oxygen atoms in total. The molecule has 5 rings (SSSR count). The molecular formula is C39H60N6O29P6. The SMILES string of the molecule is CC(C)=CCC/C(C)=C/CC(OP(=O)(O)OP(=O)(O)OP(=O)(O)O[C@H]1[C@@H](O)[C@H](n2ccc(=O)[nH]c2=O)O[C@@H]1C(C/C=C(\C)CCC=C(C)C)OP(=O)(O)OP(=O)(O)OP(=O)(O)O)[C@H]1O[C@@H](n2cnc3c(=O)[nH]c(=O)[nH]c32)[C@H](O)[C@@H]1O. The third-order valence-electron chi connectivity index (χ3n) is 11.3. The van der Waals surface area contributed by atoms with Crippen molar-refractivity contribution in [2.24, 2.45) is 0 Å². The van der Waals surface area contributed by atoms with Gasteiger partial charge in [0.2, 0.25) is 0 Å². The van der Waals surface area contributed by atoms with Crippen LogP contribution in [0, 0.1) is 0 Å². The first-order chi connectivity index (χ1) is 36.8. The molecule has 80 heavy (non-hydrogen) atoms. The number of fused-ring (bicyclic) bond motifs is 1. The second-order valence-corrected chi connectivity index (χ2v) is 27.4. The minimum atomic E-state index is -6.56. The lowest BCUT2D eigenvalue weighted by Crippen LogP contribution is -2.41. The maximum atomic E-state index is 13.8. The topological polar surface area (TPSA) is 526 Å². The first-order valence-electron chi connectivity index (χ1n) is 23.3. The average molecular weight is 1260 g/mol. The van der Waals surface area contributed by atoms with Crippen molar-refractivity contribution in [1.82, 2.24) is 29.1 Å². The lowest BCUT2D eigenvalue weighted by molar-refractivity contribution is -0.0817. The Bertz CT molecular complexity index is 3390. The van der Waals surface area contributed by atoms with Crippen LogP contribution in [0.3, 0.4) is 0 Å². The van der Waals surface area contributed by atoms with Gasteiger partial charge in [0.25, 0.3) is 11.1 Å². The van der Waals surface area contributed by atoms with Gasteiger partial charge in [-0.05, 0) is 80.1 Å². The fourth-order valence-electron chi connectivity index (χ4n) is 7.92. The maximum absolute atomic E-state index is 13.8. The van der Waals surface area contributed by atoms with Crippen LogP contribution in [-0.4, -0.2) is 127 Å². The Hall–Kier alpha value is -3.59. The molecule has 2 aliphatic rings. The van der Waals surface area contributed by atoms with Crippen LogP contribution < -0.4 is 22.5 Å². The Morgan fingerprint density at radius 1 is 0.625 bits per heavy atom. The summed E-state index contributed by atoms with van der Waals surface area (Å²) >= 11 is 0. The first kappa shape index (κ1) is 67.2. The van der Waals surface area contributed by atoms with Crippen LogP contribution in [0.5, 0.6) is 0 Å². The van der Waals surface area contributed by atoms with Gasteiger partial charge in [0.15, 0.2) is 18.0 Å². The van der Waals surface area contributed by atoms with E-state index in [4.69, 9.17) is 32.8 Å². The van der Waals surface area contributed by atoms with E-state index in [1.54, 1.807) is 20.8 Å². The fraction of sp³-hybridized carbons (Fsp3) is 0.564. The Balaban J connectivity index is 1.48. The molecule has 2 aliphatic heterocycles. The molecule has 41 heteroatoms. The Morgan fingerprint density at radius 3 is 1.62 bits per heavy atom. The molecule has 0 aromatic carbocycles. The predicted octanol–water partition coefficient (Wildman–Crippen LogP) is 2.82. The summed E-state index contributed by atoms with van der Waals surface area (Å²) in [6.07, 6.45) is -13.2. The van der Waals surface area contributed by atoms with Crippen molar-refractivity contribution in [3.8, 4) is 0 Å². The molecule has 0 saturated carbocycles. The summed E-state index contributed by atoms with van der Waals surface area (Å²) in [5.41, 5.74) is -1.97. The second kappa shape index (κ2) is 27.0. The molecule has 13 N–H and O–H groups in total. The van der Waals surface area contributed by atoms with E-state index in [0.717, 1.165) is 34.3 Å². The van der Waals surface area contributed by atoms with Crippen LogP contribution in [-0.2, 0) is 67.7 Å². The van der Waals surface area contributed by atoms with E-state index in [0.29, 0.717) is 35.0 Å². The molecule has 2 fully saturated rings. The molecule has 7 unspecified atom stereocenters.